The zero-order valence-electron chi connectivity index (χ0n) is 11.2. The molecule has 2 N–H and O–H groups in total. The lowest BCUT2D eigenvalue weighted by atomic mass is 9.93. The van der Waals surface area contributed by atoms with Gasteiger partial charge in [0.15, 0.2) is 0 Å². The molecule has 1 aromatic heterocycles. The van der Waals surface area contributed by atoms with E-state index in [1.807, 2.05) is 13.0 Å². The molecule has 0 bridgehead atoms. The fraction of sp³-hybridized carbons (Fsp3) is 0.571. The highest BCUT2D eigenvalue weighted by Gasteiger charge is 2.14. The number of carbonyl (C=O) groups is 1. The monoisotopic (exact) mass is 325 g/mol. The van der Waals surface area contributed by atoms with Crippen molar-refractivity contribution >= 4 is 27.5 Å². The highest BCUT2D eigenvalue weighted by molar-refractivity contribution is 9.10. The van der Waals surface area contributed by atoms with Gasteiger partial charge < -0.3 is 10.6 Å². The summed E-state index contributed by atoms with van der Waals surface area (Å²) in [5.74, 6) is 0.777. The van der Waals surface area contributed by atoms with Crippen LogP contribution in [0.3, 0.4) is 0 Å². The molecule has 0 atom stereocenters. The van der Waals surface area contributed by atoms with Crippen molar-refractivity contribution in [2.75, 3.05) is 18.4 Å². The first-order chi connectivity index (χ1) is 9.15. The number of nitrogens with one attached hydrogen (secondary N) is 2. The van der Waals surface area contributed by atoms with Crippen LogP contribution in [0.1, 0.15) is 31.2 Å². The molecule has 104 valence electrons. The van der Waals surface area contributed by atoms with E-state index in [1.165, 1.54) is 12.8 Å². The molecule has 2 rings (SSSR count). The Balaban J connectivity index is 1.78. The molecule has 0 spiro atoms. The number of nitrogens with zero attached hydrogens (tertiary/aromatic N) is 1. The highest BCUT2D eigenvalue weighted by Crippen LogP contribution is 2.19. The minimum absolute atomic E-state index is 0.0852. The Hall–Kier alpha value is -0.940. The maximum Gasteiger partial charge on any atom is 0.224 e. The second-order valence-electron chi connectivity index (χ2n) is 5.11. The van der Waals surface area contributed by atoms with E-state index in [2.05, 4.69) is 31.5 Å². The number of aromatic nitrogens is 1. The van der Waals surface area contributed by atoms with Crippen molar-refractivity contribution in [2.45, 2.75) is 32.6 Å². The number of pyridine rings is 1. The summed E-state index contributed by atoms with van der Waals surface area (Å²) in [6, 6.07) is 1.93. The molecule has 1 aliphatic rings. The van der Waals surface area contributed by atoms with Crippen LogP contribution in [-0.2, 0) is 4.79 Å². The van der Waals surface area contributed by atoms with E-state index >= 15 is 0 Å². The first-order valence-electron chi connectivity index (χ1n) is 6.78. The molecule has 2 heterocycles. The van der Waals surface area contributed by atoms with Crippen LogP contribution >= 0.6 is 15.9 Å². The maximum atomic E-state index is 11.9. The Labute approximate surface area is 122 Å². The number of anilines is 1. The van der Waals surface area contributed by atoms with Gasteiger partial charge in [-0.05, 0) is 72.8 Å². The average molecular weight is 326 g/mol. The van der Waals surface area contributed by atoms with Gasteiger partial charge >= 0.3 is 0 Å². The largest absolute Gasteiger partial charge is 0.325 e. The lowest BCUT2D eigenvalue weighted by Gasteiger charge is -2.22. The summed E-state index contributed by atoms with van der Waals surface area (Å²) in [7, 11) is 0. The van der Waals surface area contributed by atoms with E-state index in [4.69, 9.17) is 0 Å². The van der Waals surface area contributed by atoms with Crippen molar-refractivity contribution in [1.29, 1.82) is 0 Å². The van der Waals surface area contributed by atoms with Gasteiger partial charge in [-0.2, -0.15) is 0 Å². The molecule has 1 saturated heterocycles. The number of hydrogen-bond acceptors (Lipinski definition) is 3. The number of halogens is 1. The summed E-state index contributed by atoms with van der Waals surface area (Å²) in [6.07, 6.45) is 5.63. The smallest absolute Gasteiger partial charge is 0.224 e. The predicted molar refractivity (Wildman–Crippen MR) is 80.1 cm³/mol. The SMILES string of the molecule is Cc1cc(NC(=O)CCC2CCNCC2)cnc1Br. The molecule has 0 unspecified atom stereocenters. The number of carbonyl (C=O) groups excluding carboxylic acids is 1. The van der Waals surface area contributed by atoms with Crippen LogP contribution in [0, 0.1) is 12.8 Å². The summed E-state index contributed by atoms with van der Waals surface area (Å²) in [6.45, 7) is 4.13. The second-order valence-corrected chi connectivity index (χ2v) is 5.86. The van der Waals surface area contributed by atoms with E-state index in [0.717, 1.165) is 35.4 Å². The zero-order valence-corrected chi connectivity index (χ0v) is 12.8. The van der Waals surface area contributed by atoms with E-state index in [1.54, 1.807) is 6.20 Å². The van der Waals surface area contributed by atoms with Gasteiger partial charge in [-0.25, -0.2) is 4.98 Å². The minimum atomic E-state index is 0.0852. The minimum Gasteiger partial charge on any atom is -0.325 e. The molecule has 0 radical (unpaired) electrons. The highest BCUT2D eigenvalue weighted by atomic mass is 79.9. The number of aryl methyl sites for hydroxylation is 1. The number of piperidine rings is 1. The van der Waals surface area contributed by atoms with Crippen molar-refractivity contribution in [3.63, 3.8) is 0 Å². The normalized spacial score (nSPS) is 16.3. The Bertz CT molecular complexity index is 444. The van der Waals surface area contributed by atoms with E-state index < -0.39 is 0 Å². The topological polar surface area (TPSA) is 54.0 Å². The lowest BCUT2D eigenvalue weighted by Crippen LogP contribution is -2.28. The molecule has 1 aliphatic heterocycles. The van der Waals surface area contributed by atoms with Gasteiger partial charge in [-0.1, -0.05) is 0 Å². The van der Waals surface area contributed by atoms with Gasteiger partial charge in [0.05, 0.1) is 11.9 Å². The lowest BCUT2D eigenvalue weighted by molar-refractivity contribution is -0.116. The second kappa shape index (κ2) is 7.01. The van der Waals surface area contributed by atoms with Gasteiger partial charge in [0, 0.05) is 6.42 Å². The standard InChI is InChI=1S/C14H20BrN3O/c1-10-8-12(9-17-14(10)15)18-13(19)3-2-11-4-6-16-7-5-11/h8-9,11,16H,2-7H2,1H3,(H,18,19). The molecule has 4 nitrogen and oxygen atoms in total. The molecule has 0 saturated carbocycles. The summed E-state index contributed by atoms with van der Waals surface area (Å²) in [4.78, 5) is 16.1. The quantitative estimate of drug-likeness (QED) is 0.837. The molecule has 0 aromatic carbocycles. The van der Waals surface area contributed by atoms with E-state index in [0.29, 0.717) is 12.3 Å². The van der Waals surface area contributed by atoms with Crippen LogP contribution in [0.5, 0.6) is 0 Å². The fourth-order valence-corrected chi connectivity index (χ4v) is 2.57. The van der Waals surface area contributed by atoms with Crippen molar-refractivity contribution in [3.05, 3.63) is 22.4 Å². The van der Waals surface area contributed by atoms with E-state index in [-0.39, 0.29) is 5.91 Å². The number of amides is 1. The Morgan fingerprint density at radius 1 is 1.53 bits per heavy atom. The van der Waals surface area contributed by atoms with Crippen molar-refractivity contribution in [2.24, 2.45) is 5.92 Å². The van der Waals surface area contributed by atoms with Crippen LogP contribution in [0.4, 0.5) is 5.69 Å². The molecule has 1 fully saturated rings. The fourth-order valence-electron chi connectivity index (χ4n) is 2.36. The summed E-state index contributed by atoms with van der Waals surface area (Å²) >= 11 is 3.35. The van der Waals surface area contributed by atoms with Gasteiger partial charge in [-0.3, -0.25) is 4.79 Å². The van der Waals surface area contributed by atoms with E-state index in [9.17, 15) is 4.79 Å². The summed E-state index contributed by atoms with van der Waals surface area (Å²) in [5.41, 5.74) is 1.80. The van der Waals surface area contributed by atoms with Gasteiger partial charge in [0.1, 0.15) is 4.60 Å². The molecular weight excluding hydrogens is 306 g/mol. The van der Waals surface area contributed by atoms with Crippen LogP contribution in [-0.4, -0.2) is 24.0 Å². The Morgan fingerprint density at radius 3 is 2.95 bits per heavy atom. The number of rotatable bonds is 4. The molecular formula is C14H20BrN3O. The molecule has 1 amide bonds. The Morgan fingerprint density at radius 2 is 2.26 bits per heavy atom. The third kappa shape index (κ3) is 4.58. The van der Waals surface area contributed by atoms with Gasteiger partial charge in [0.2, 0.25) is 5.91 Å². The zero-order chi connectivity index (χ0) is 13.7. The van der Waals surface area contributed by atoms with Gasteiger partial charge in [0.25, 0.3) is 0 Å². The molecule has 19 heavy (non-hydrogen) atoms. The molecule has 0 aliphatic carbocycles. The number of hydrogen-bond donors (Lipinski definition) is 2. The average Bonchev–Trinajstić information content (AvgIpc) is 2.42. The predicted octanol–water partition coefficient (Wildman–Crippen LogP) is 2.87. The van der Waals surface area contributed by atoms with Crippen LogP contribution < -0.4 is 10.6 Å². The summed E-state index contributed by atoms with van der Waals surface area (Å²) < 4.78 is 0.820. The Kier molecular flexibility index (Phi) is 5.34. The molecule has 5 heteroatoms. The van der Waals surface area contributed by atoms with Crippen molar-refractivity contribution in [3.8, 4) is 0 Å². The molecule has 1 aromatic rings. The third-order valence-electron chi connectivity index (χ3n) is 3.54. The van der Waals surface area contributed by atoms with Crippen molar-refractivity contribution < 1.29 is 4.79 Å². The van der Waals surface area contributed by atoms with Crippen molar-refractivity contribution in [1.82, 2.24) is 10.3 Å². The van der Waals surface area contributed by atoms with Crippen LogP contribution in [0.15, 0.2) is 16.9 Å². The van der Waals surface area contributed by atoms with Crippen LogP contribution in [0.25, 0.3) is 0 Å². The summed E-state index contributed by atoms with van der Waals surface area (Å²) in [5, 5.41) is 6.25. The van der Waals surface area contributed by atoms with Crippen LogP contribution in [0.2, 0.25) is 0 Å². The maximum absolute atomic E-state index is 11.9. The van der Waals surface area contributed by atoms with Gasteiger partial charge in [-0.15, -0.1) is 0 Å². The first-order valence-corrected chi connectivity index (χ1v) is 7.57. The third-order valence-corrected chi connectivity index (χ3v) is 4.37. The first kappa shape index (κ1) is 14.5.